The summed E-state index contributed by atoms with van der Waals surface area (Å²) < 4.78 is 7.45. The maximum Gasteiger partial charge on any atom is 0.253 e. The molecule has 2 aliphatic rings. The van der Waals surface area contributed by atoms with Gasteiger partial charge in [0, 0.05) is 48.3 Å². The summed E-state index contributed by atoms with van der Waals surface area (Å²) in [5.41, 5.74) is 2.57. The molecule has 1 N–H and O–H groups in total. The lowest BCUT2D eigenvalue weighted by atomic mass is 9.95. The number of rotatable bonds is 6. The number of aromatic nitrogens is 5. The molecule has 4 aromatic rings. The molecule has 1 saturated heterocycles. The minimum Gasteiger partial charge on any atom is -0.497 e. The van der Waals surface area contributed by atoms with Gasteiger partial charge in [0.15, 0.2) is 5.82 Å². The van der Waals surface area contributed by atoms with Gasteiger partial charge in [0.2, 0.25) is 0 Å². The van der Waals surface area contributed by atoms with Crippen LogP contribution in [0, 0.1) is 0 Å². The molecule has 37 heavy (non-hydrogen) atoms. The van der Waals surface area contributed by atoms with Gasteiger partial charge in [-0.05, 0) is 59.7 Å². The van der Waals surface area contributed by atoms with Crippen molar-refractivity contribution >= 4 is 16.6 Å². The number of tetrazole rings is 1. The van der Waals surface area contributed by atoms with Gasteiger partial charge >= 0.3 is 0 Å². The normalized spacial score (nSPS) is 18.2. The number of pyridine rings is 1. The number of hydrogen-bond donors (Lipinski definition) is 1. The second kappa shape index (κ2) is 10.3. The molecule has 2 aromatic heterocycles. The summed E-state index contributed by atoms with van der Waals surface area (Å²) in [5.74, 6) is 1.51. The molecule has 6 rings (SSSR count). The Morgan fingerprint density at radius 2 is 1.76 bits per heavy atom. The predicted molar refractivity (Wildman–Crippen MR) is 143 cm³/mol. The number of benzene rings is 2. The molecule has 0 amide bonds. The van der Waals surface area contributed by atoms with Crippen molar-refractivity contribution in [2.24, 2.45) is 0 Å². The van der Waals surface area contributed by atoms with Crippen LogP contribution in [0.4, 0.5) is 5.69 Å². The topological polar surface area (TPSA) is 92.2 Å². The third-order valence-electron chi connectivity index (χ3n) is 7.86. The molecule has 1 atom stereocenters. The number of hydrogen-bond acceptors (Lipinski definition) is 7. The van der Waals surface area contributed by atoms with E-state index in [-0.39, 0.29) is 17.6 Å². The highest BCUT2D eigenvalue weighted by Crippen LogP contribution is 2.34. The van der Waals surface area contributed by atoms with Gasteiger partial charge in [-0.2, -0.15) is 0 Å². The number of fused-ring (bicyclic) bond motifs is 1. The molecule has 9 heteroatoms. The second-order valence-electron chi connectivity index (χ2n) is 10.0. The zero-order valence-corrected chi connectivity index (χ0v) is 21.2. The predicted octanol–water partition coefficient (Wildman–Crippen LogP) is 3.94. The summed E-state index contributed by atoms with van der Waals surface area (Å²) in [6, 6.07) is 18.1. The Morgan fingerprint density at radius 3 is 2.51 bits per heavy atom. The highest BCUT2D eigenvalue weighted by molar-refractivity contribution is 5.80. The smallest absolute Gasteiger partial charge is 0.253 e. The van der Waals surface area contributed by atoms with Crippen molar-refractivity contribution in [3.8, 4) is 5.75 Å². The standard InChI is InChI=1S/C28H33N7O2/c1-37-23-12-13-25-20(18-23)19-24(28(36)29-25)26(27-30-31-32-35(27)22-10-6-3-7-11-22)34-16-14-33(15-17-34)21-8-4-2-5-9-21/h2,4-5,8-9,12-13,18-19,22,26H,3,6-7,10-11,14-17H2,1H3,(H,29,36)/t26-/m0/s1. The maximum absolute atomic E-state index is 13.5. The van der Waals surface area contributed by atoms with E-state index in [9.17, 15) is 4.79 Å². The van der Waals surface area contributed by atoms with Crippen LogP contribution in [0.1, 0.15) is 55.6 Å². The SMILES string of the molecule is COc1ccc2[nH]c(=O)c([C@@H](c3nnnn3C3CCCCC3)N3CCN(c4ccccc4)CC3)cc2c1. The monoisotopic (exact) mass is 499 g/mol. The van der Waals surface area contributed by atoms with E-state index in [1.807, 2.05) is 35.0 Å². The Morgan fingerprint density at radius 1 is 0.973 bits per heavy atom. The Balaban J connectivity index is 1.40. The molecule has 1 aliphatic heterocycles. The summed E-state index contributed by atoms with van der Waals surface area (Å²) in [6.07, 6.45) is 5.75. The van der Waals surface area contributed by atoms with Gasteiger partial charge < -0.3 is 14.6 Å². The van der Waals surface area contributed by atoms with Crippen molar-refractivity contribution in [3.05, 3.63) is 76.3 Å². The van der Waals surface area contributed by atoms with E-state index in [4.69, 9.17) is 4.74 Å². The summed E-state index contributed by atoms with van der Waals surface area (Å²) in [5, 5.41) is 14.0. The number of nitrogens with zero attached hydrogens (tertiary/aromatic N) is 6. The molecule has 0 bridgehead atoms. The fourth-order valence-corrected chi connectivity index (χ4v) is 5.87. The van der Waals surface area contributed by atoms with Crippen molar-refractivity contribution in [1.82, 2.24) is 30.1 Å². The molecule has 192 valence electrons. The van der Waals surface area contributed by atoms with Gasteiger partial charge in [0.05, 0.1) is 13.2 Å². The Kier molecular flexibility index (Phi) is 6.61. The Bertz CT molecular complexity index is 1400. The number of nitrogens with one attached hydrogen (secondary N) is 1. The van der Waals surface area contributed by atoms with Crippen LogP contribution in [0.25, 0.3) is 10.9 Å². The van der Waals surface area contributed by atoms with Crippen molar-refractivity contribution in [1.29, 1.82) is 0 Å². The van der Waals surface area contributed by atoms with E-state index in [0.717, 1.165) is 61.5 Å². The molecular weight excluding hydrogens is 466 g/mol. The number of H-pyrrole nitrogens is 1. The molecule has 0 spiro atoms. The first-order chi connectivity index (χ1) is 18.2. The molecule has 2 fully saturated rings. The third-order valence-corrected chi connectivity index (χ3v) is 7.86. The molecule has 2 aromatic carbocycles. The fourth-order valence-electron chi connectivity index (χ4n) is 5.87. The first-order valence-corrected chi connectivity index (χ1v) is 13.2. The van der Waals surface area contributed by atoms with Gasteiger partial charge in [0.25, 0.3) is 5.56 Å². The van der Waals surface area contributed by atoms with Crippen LogP contribution in [0.15, 0.2) is 59.4 Å². The summed E-state index contributed by atoms with van der Waals surface area (Å²) in [6.45, 7) is 3.33. The molecular formula is C28H33N7O2. The van der Waals surface area contributed by atoms with Crippen molar-refractivity contribution in [2.45, 2.75) is 44.2 Å². The molecule has 3 heterocycles. The third kappa shape index (κ3) is 4.71. The number of ether oxygens (including phenoxy) is 1. The minimum absolute atomic E-state index is 0.105. The minimum atomic E-state index is -0.339. The van der Waals surface area contributed by atoms with Crippen LogP contribution >= 0.6 is 0 Å². The summed E-state index contributed by atoms with van der Waals surface area (Å²) in [7, 11) is 1.65. The average molecular weight is 500 g/mol. The van der Waals surface area contributed by atoms with Gasteiger partial charge in [0.1, 0.15) is 11.8 Å². The van der Waals surface area contributed by atoms with Crippen molar-refractivity contribution < 1.29 is 4.74 Å². The quantitative estimate of drug-likeness (QED) is 0.430. The van der Waals surface area contributed by atoms with Gasteiger partial charge in [-0.25, -0.2) is 4.68 Å². The first-order valence-electron chi connectivity index (χ1n) is 13.2. The number of anilines is 1. The molecule has 1 aliphatic carbocycles. The zero-order chi connectivity index (χ0) is 25.2. The van der Waals surface area contributed by atoms with Crippen LogP contribution in [0.2, 0.25) is 0 Å². The fraction of sp³-hybridized carbons (Fsp3) is 0.429. The van der Waals surface area contributed by atoms with Crippen LogP contribution in [-0.2, 0) is 0 Å². The van der Waals surface area contributed by atoms with Crippen LogP contribution in [-0.4, -0.2) is 63.4 Å². The summed E-state index contributed by atoms with van der Waals surface area (Å²) in [4.78, 5) is 21.4. The van der Waals surface area contributed by atoms with E-state index in [0.29, 0.717) is 5.56 Å². The van der Waals surface area contributed by atoms with Crippen LogP contribution in [0.3, 0.4) is 0 Å². The Hall–Kier alpha value is -3.72. The summed E-state index contributed by atoms with van der Waals surface area (Å²) >= 11 is 0. The van der Waals surface area contributed by atoms with E-state index in [1.54, 1.807) is 7.11 Å². The number of methoxy groups -OCH3 is 1. The highest BCUT2D eigenvalue weighted by atomic mass is 16.5. The molecule has 9 nitrogen and oxygen atoms in total. The van der Waals surface area contributed by atoms with Crippen molar-refractivity contribution in [3.63, 3.8) is 0 Å². The lowest BCUT2D eigenvalue weighted by molar-refractivity contribution is 0.192. The number of aromatic amines is 1. The average Bonchev–Trinajstić information content (AvgIpc) is 3.44. The van der Waals surface area contributed by atoms with E-state index in [2.05, 4.69) is 54.6 Å². The van der Waals surface area contributed by atoms with Gasteiger partial charge in [-0.1, -0.05) is 37.5 Å². The van der Waals surface area contributed by atoms with Crippen LogP contribution in [0.5, 0.6) is 5.75 Å². The van der Waals surface area contributed by atoms with E-state index < -0.39 is 0 Å². The maximum atomic E-state index is 13.5. The van der Waals surface area contributed by atoms with Gasteiger partial charge in [-0.3, -0.25) is 9.69 Å². The molecule has 1 saturated carbocycles. The molecule has 0 radical (unpaired) electrons. The van der Waals surface area contributed by atoms with Gasteiger partial charge in [-0.15, -0.1) is 5.10 Å². The van der Waals surface area contributed by atoms with E-state index in [1.165, 1.54) is 24.9 Å². The Labute approximate surface area is 216 Å². The second-order valence-corrected chi connectivity index (χ2v) is 10.0. The lowest BCUT2D eigenvalue weighted by Gasteiger charge is -2.40. The largest absolute Gasteiger partial charge is 0.497 e. The lowest BCUT2D eigenvalue weighted by Crippen LogP contribution is -2.49. The van der Waals surface area contributed by atoms with Crippen molar-refractivity contribution in [2.75, 3.05) is 38.2 Å². The first kappa shape index (κ1) is 23.7. The van der Waals surface area contributed by atoms with E-state index >= 15 is 0 Å². The zero-order valence-electron chi connectivity index (χ0n) is 21.2. The molecule has 0 unspecified atom stereocenters. The number of para-hydroxylation sites is 1. The van der Waals surface area contributed by atoms with Crippen LogP contribution < -0.4 is 15.2 Å². The number of piperazine rings is 1. The highest BCUT2D eigenvalue weighted by Gasteiger charge is 2.34.